The van der Waals surface area contributed by atoms with Crippen LogP contribution in [0.4, 0.5) is 34.9 Å². The van der Waals surface area contributed by atoms with Crippen LogP contribution in [0.15, 0.2) is 89.4 Å². The van der Waals surface area contributed by atoms with E-state index in [0.29, 0.717) is 17.6 Å². The van der Waals surface area contributed by atoms with Crippen LogP contribution in [-0.4, -0.2) is 27.4 Å². The van der Waals surface area contributed by atoms with Crippen molar-refractivity contribution in [2.45, 2.75) is 0 Å². The number of nitrogens with zero attached hydrogens (tertiary/aromatic N) is 3. The minimum atomic E-state index is -0.220. The molecule has 0 radical (unpaired) electrons. The Morgan fingerprint density at radius 3 is 1.69 bits per heavy atom. The van der Waals surface area contributed by atoms with Gasteiger partial charge in [0.25, 0.3) is 0 Å². The van der Waals surface area contributed by atoms with Gasteiger partial charge in [0.1, 0.15) is 0 Å². The number of nitrogens with one attached hydrogen (secondary N) is 4. The summed E-state index contributed by atoms with van der Waals surface area (Å²) in [5, 5.41) is 12.1. The van der Waals surface area contributed by atoms with Gasteiger partial charge < -0.3 is 21.3 Å². The first kappa shape index (κ1) is 21.3. The molecule has 0 bridgehead atoms. The molecule has 0 fully saturated rings. The van der Waals surface area contributed by atoms with Crippen LogP contribution in [0.2, 0.25) is 0 Å². The molecular weight excluding hydrogens is 470 g/mol. The van der Waals surface area contributed by atoms with Gasteiger partial charge in [0.2, 0.25) is 23.8 Å². The van der Waals surface area contributed by atoms with E-state index in [1.165, 1.54) is 0 Å². The van der Waals surface area contributed by atoms with Crippen LogP contribution in [0.1, 0.15) is 0 Å². The fraction of sp³-hybridized carbons (Fsp3) is 0.0435. The summed E-state index contributed by atoms with van der Waals surface area (Å²) in [4.78, 5) is 25.6. The summed E-state index contributed by atoms with van der Waals surface area (Å²) in [5.74, 6) is 0.742. The van der Waals surface area contributed by atoms with Gasteiger partial charge >= 0.3 is 0 Å². The number of amides is 1. The van der Waals surface area contributed by atoms with Gasteiger partial charge in [-0.3, -0.25) is 4.79 Å². The first-order valence-corrected chi connectivity index (χ1v) is 10.6. The Balaban J connectivity index is 1.48. The normalized spacial score (nSPS) is 10.3. The topological polar surface area (TPSA) is 104 Å². The number of rotatable bonds is 8. The van der Waals surface area contributed by atoms with Gasteiger partial charge in [0, 0.05) is 21.5 Å². The van der Waals surface area contributed by atoms with Crippen molar-refractivity contribution in [3.63, 3.8) is 0 Å². The predicted molar refractivity (Wildman–Crippen MR) is 131 cm³/mol. The van der Waals surface area contributed by atoms with E-state index in [-0.39, 0.29) is 18.4 Å². The molecule has 0 saturated carbocycles. The number of hydrogen-bond acceptors (Lipinski definition) is 7. The summed E-state index contributed by atoms with van der Waals surface area (Å²) in [6.45, 7) is -0.00433. The molecule has 1 amide bonds. The minimum Gasteiger partial charge on any atom is -0.345 e. The molecule has 3 aromatic carbocycles. The third-order valence-electron chi connectivity index (χ3n) is 4.23. The van der Waals surface area contributed by atoms with Crippen LogP contribution in [0, 0.1) is 0 Å². The predicted octanol–water partition coefficient (Wildman–Crippen LogP) is 5.17. The lowest BCUT2D eigenvalue weighted by molar-refractivity contribution is -0.114. The molecule has 160 valence electrons. The highest BCUT2D eigenvalue weighted by atomic mass is 79.9. The van der Waals surface area contributed by atoms with Crippen LogP contribution in [-0.2, 0) is 4.79 Å². The van der Waals surface area contributed by atoms with Crippen LogP contribution in [0.5, 0.6) is 0 Å². The molecule has 0 atom stereocenters. The number of hydrogen-bond donors (Lipinski definition) is 4. The van der Waals surface area contributed by atoms with Gasteiger partial charge in [-0.05, 0) is 48.5 Å². The van der Waals surface area contributed by atoms with Gasteiger partial charge in [-0.1, -0.05) is 52.3 Å². The van der Waals surface area contributed by atoms with Crippen molar-refractivity contribution in [3.05, 3.63) is 89.4 Å². The van der Waals surface area contributed by atoms with E-state index in [9.17, 15) is 4.79 Å². The lowest BCUT2D eigenvalue weighted by atomic mass is 10.3. The Morgan fingerprint density at radius 1 is 0.656 bits per heavy atom. The summed E-state index contributed by atoms with van der Waals surface area (Å²) in [6, 6.07) is 26.5. The van der Waals surface area contributed by atoms with Crippen LogP contribution < -0.4 is 21.3 Å². The van der Waals surface area contributed by atoms with Crippen molar-refractivity contribution >= 4 is 56.7 Å². The van der Waals surface area contributed by atoms with E-state index in [1.807, 2.05) is 84.9 Å². The molecular formula is C23H20BrN7O. The van der Waals surface area contributed by atoms with E-state index in [1.54, 1.807) is 0 Å². The number of benzene rings is 3. The third-order valence-corrected chi connectivity index (χ3v) is 4.76. The Kier molecular flexibility index (Phi) is 6.88. The van der Waals surface area contributed by atoms with Crippen molar-refractivity contribution in [2.75, 3.05) is 27.8 Å². The Labute approximate surface area is 193 Å². The average Bonchev–Trinajstić information content (AvgIpc) is 2.80. The maximum absolute atomic E-state index is 12.3. The molecule has 0 unspecified atom stereocenters. The maximum Gasteiger partial charge on any atom is 0.243 e. The quantitative estimate of drug-likeness (QED) is 0.270. The molecule has 0 spiro atoms. The fourth-order valence-electron chi connectivity index (χ4n) is 2.77. The van der Waals surface area contributed by atoms with Gasteiger partial charge in [-0.25, -0.2) is 0 Å². The highest BCUT2D eigenvalue weighted by Crippen LogP contribution is 2.18. The smallest absolute Gasteiger partial charge is 0.243 e. The van der Waals surface area contributed by atoms with Crippen LogP contribution in [0.3, 0.4) is 0 Å². The summed E-state index contributed by atoms with van der Waals surface area (Å²) < 4.78 is 0.940. The molecule has 0 aliphatic carbocycles. The van der Waals surface area contributed by atoms with Gasteiger partial charge in [-0.15, -0.1) is 0 Å². The van der Waals surface area contributed by atoms with E-state index < -0.39 is 0 Å². The first-order valence-electron chi connectivity index (χ1n) is 9.83. The van der Waals surface area contributed by atoms with Gasteiger partial charge in [0.05, 0.1) is 6.54 Å². The summed E-state index contributed by atoms with van der Waals surface area (Å²) >= 11 is 3.37. The van der Waals surface area contributed by atoms with Gasteiger partial charge in [0.15, 0.2) is 0 Å². The molecule has 4 rings (SSSR count). The molecule has 32 heavy (non-hydrogen) atoms. The SMILES string of the molecule is O=C(CNc1nc(Nc2ccccc2)nc(Nc2ccccc2)n1)Nc1ccc(Br)cc1. The van der Waals surface area contributed by atoms with E-state index in [2.05, 4.69) is 52.1 Å². The molecule has 0 saturated heterocycles. The van der Waals surface area contributed by atoms with Crippen molar-refractivity contribution < 1.29 is 4.79 Å². The zero-order valence-corrected chi connectivity index (χ0v) is 18.5. The number of para-hydroxylation sites is 2. The minimum absolute atomic E-state index is 0.00433. The number of carbonyl (C=O) groups excluding carboxylic acids is 1. The lowest BCUT2D eigenvalue weighted by Gasteiger charge is -2.11. The second-order valence-electron chi connectivity index (χ2n) is 6.70. The molecule has 1 heterocycles. The van der Waals surface area contributed by atoms with Crippen molar-refractivity contribution in [1.29, 1.82) is 0 Å². The highest BCUT2D eigenvalue weighted by molar-refractivity contribution is 9.10. The monoisotopic (exact) mass is 489 g/mol. The molecule has 0 aliphatic rings. The highest BCUT2D eigenvalue weighted by Gasteiger charge is 2.10. The zero-order valence-electron chi connectivity index (χ0n) is 16.9. The Hall–Kier alpha value is -3.98. The second-order valence-corrected chi connectivity index (χ2v) is 7.61. The fourth-order valence-corrected chi connectivity index (χ4v) is 3.03. The number of halogens is 1. The Morgan fingerprint density at radius 2 is 1.16 bits per heavy atom. The van der Waals surface area contributed by atoms with Crippen molar-refractivity contribution in [1.82, 2.24) is 15.0 Å². The van der Waals surface area contributed by atoms with Crippen LogP contribution in [0.25, 0.3) is 0 Å². The molecule has 9 heteroatoms. The van der Waals surface area contributed by atoms with Crippen molar-refractivity contribution in [2.24, 2.45) is 0 Å². The van der Waals surface area contributed by atoms with E-state index in [0.717, 1.165) is 15.8 Å². The molecule has 4 N–H and O–H groups in total. The average molecular weight is 490 g/mol. The summed E-state index contributed by atoms with van der Waals surface area (Å²) in [6.07, 6.45) is 0. The Bertz CT molecular complexity index is 1110. The lowest BCUT2D eigenvalue weighted by Crippen LogP contribution is -2.23. The number of aromatic nitrogens is 3. The number of carbonyl (C=O) groups is 1. The van der Waals surface area contributed by atoms with Crippen molar-refractivity contribution in [3.8, 4) is 0 Å². The maximum atomic E-state index is 12.3. The molecule has 1 aromatic heterocycles. The molecule has 8 nitrogen and oxygen atoms in total. The van der Waals surface area contributed by atoms with Gasteiger partial charge in [-0.2, -0.15) is 15.0 Å². The van der Waals surface area contributed by atoms with Crippen LogP contribution >= 0.6 is 15.9 Å². The number of anilines is 6. The summed E-state index contributed by atoms with van der Waals surface area (Å²) in [7, 11) is 0. The zero-order chi connectivity index (χ0) is 22.2. The van der Waals surface area contributed by atoms with E-state index in [4.69, 9.17) is 0 Å². The van der Waals surface area contributed by atoms with E-state index >= 15 is 0 Å². The molecule has 0 aliphatic heterocycles. The largest absolute Gasteiger partial charge is 0.345 e. The summed E-state index contributed by atoms with van der Waals surface area (Å²) in [5.41, 5.74) is 2.38. The second kappa shape index (κ2) is 10.4. The first-order chi connectivity index (χ1) is 15.6. The third kappa shape index (κ3) is 6.26. The molecule has 4 aromatic rings. The standard InChI is InChI=1S/C23H20BrN7O/c24-16-11-13-19(14-12-16)26-20(32)15-25-21-29-22(27-17-7-3-1-4-8-17)31-23(30-21)28-18-9-5-2-6-10-18/h1-14H,15H2,(H,26,32)(H3,25,27,28,29,30,31).